The van der Waals surface area contributed by atoms with E-state index in [2.05, 4.69) is 0 Å². The van der Waals surface area contributed by atoms with E-state index < -0.39 is 5.97 Å². The summed E-state index contributed by atoms with van der Waals surface area (Å²) in [6, 6.07) is 7.23. The summed E-state index contributed by atoms with van der Waals surface area (Å²) < 4.78 is 0. The Hall–Kier alpha value is -1.26. The lowest BCUT2D eigenvalue weighted by molar-refractivity contribution is -0.136. The summed E-state index contributed by atoms with van der Waals surface area (Å²) in [6.07, 6.45) is 0.222. The number of carbonyl (C=O) groups is 1. The lowest BCUT2D eigenvalue weighted by Gasteiger charge is -2.10. The minimum Gasteiger partial charge on any atom is -0.481 e. The van der Waals surface area contributed by atoms with E-state index in [4.69, 9.17) is 21.5 Å². The van der Waals surface area contributed by atoms with Gasteiger partial charge in [-0.3, -0.25) is 4.79 Å². The summed E-state index contributed by atoms with van der Waals surface area (Å²) in [5.41, 5.74) is 0. The molecule has 1 aromatic carbocycles. The number of hydrogen-bond donors (Lipinski definition) is 1. The van der Waals surface area contributed by atoms with Crippen molar-refractivity contribution in [1.82, 2.24) is 5.06 Å². The zero-order chi connectivity index (χ0) is 12.6. The van der Waals surface area contributed by atoms with Gasteiger partial charge in [-0.2, -0.15) is 5.06 Å². The van der Waals surface area contributed by atoms with Crippen LogP contribution in [0, 0.1) is 0 Å². The summed E-state index contributed by atoms with van der Waals surface area (Å²) in [5, 5.41) is 10.1. The van der Waals surface area contributed by atoms with Crippen molar-refractivity contribution in [3.05, 3.63) is 29.3 Å². The number of hydroxylamine groups is 2. The highest BCUT2D eigenvalue weighted by atomic mass is 35.5. The van der Waals surface area contributed by atoms with Crippen molar-refractivity contribution in [3.8, 4) is 5.75 Å². The molecule has 0 atom stereocenters. The van der Waals surface area contributed by atoms with Crippen molar-refractivity contribution in [2.24, 2.45) is 0 Å². The largest absolute Gasteiger partial charge is 0.481 e. The minimum absolute atomic E-state index is 0.222. The fourth-order valence-corrected chi connectivity index (χ4v) is 0.832. The van der Waals surface area contributed by atoms with E-state index in [1.54, 1.807) is 24.1 Å². The van der Waals surface area contributed by atoms with Crippen LogP contribution in [0.3, 0.4) is 0 Å². The number of halogens is 1. The van der Waals surface area contributed by atoms with Crippen LogP contribution in [0.15, 0.2) is 24.3 Å². The van der Waals surface area contributed by atoms with E-state index in [1.165, 1.54) is 0 Å². The molecule has 0 amide bonds. The molecule has 0 fully saturated rings. The monoisotopic (exact) mass is 245 g/mol. The molecule has 0 spiro atoms. The number of carboxylic acids is 1. The molecule has 1 N–H and O–H groups in total. The first-order valence-corrected chi connectivity index (χ1v) is 5.16. The van der Waals surface area contributed by atoms with Crippen LogP contribution in [0.1, 0.15) is 13.3 Å². The standard InChI is InChI=1S/C8H10ClNO.C3H6O2/c1-10(2)11-8-5-3-7(9)4-6-8;1-2-3(4)5/h3-6H,1-2H3;2H2,1H3,(H,4,5). The highest BCUT2D eigenvalue weighted by Crippen LogP contribution is 2.15. The highest BCUT2D eigenvalue weighted by molar-refractivity contribution is 6.30. The van der Waals surface area contributed by atoms with E-state index in [0.717, 1.165) is 10.8 Å². The molecule has 0 aliphatic heterocycles. The summed E-state index contributed by atoms with van der Waals surface area (Å²) in [6.45, 7) is 1.60. The number of benzene rings is 1. The van der Waals surface area contributed by atoms with Crippen LogP contribution in [-0.2, 0) is 4.79 Å². The Balaban J connectivity index is 0.000000385. The number of carboxylic acid groups (broad SMARTS) is 1. The quantitative estimate of drug-likeness (QED) is 0.832. The van der Waals surface area contributed by atoms with E-state index in [9.17, 15) is 4.79 Å². The summed E-state index contributed by atoms with van der Waals surface area (Å²) in [5.74, 6) is 0.0457. The molecule has 0 aliphatic carbocycles. The Morgan fingerprint density at radius 3 is 2.12 bits per heavy atom. The Morgan fingerprint density at radius 2 is 1.81 bits per heavy atom. The fraction of sp³-hybridized carbons (Fsp3) is 0.364. The number of hydrogen-bond acceptors (Lipinski definition) is 3. The first-order chi connectivity index (χ1) is 7.45. The lowest BCUT2D eigenvalue weighted by Crippen LogP contribution is -2.15. The van der Waals surface area contributed by atoms with E-state index >= 15 is 0 Å². The van der Waals surface area contributed by atoms with E-state index in [-0.39, 0.29) is 6.42 Å². The molecule has 90 valence electrons. The van der Waals surface area contributed by atoms with Gasteiger partial charge in [0.15, 0.2) is 0 Å². The minimum atomic E-state index is -0.745. The van der Waals surface area contributed by atoms with Crippen molar-refractivity contribution in [1.29, 1.82) is 0 Å². The van der Waals surface area contributed by atoms with E-state index in [1.807, 2.05) is 26.2 Å². The van der Waals surface area contributed by atoms with Crippen LogP contribution < -0.4 is 4.84 Å². The predicted octanol–water partition coefficient (Wildman–Crippen LogP) is 2.68. The lowest BCUT2D eigenvalue weighted by atomic mass is 10.3. The predicted molar refractivity (Wildman–Crippen MR) is 63.7 cm³/mol. The average molecular weight is 246 g/mol. The van der Waals surface area contributed by atoms with Gasteiger partial charge in [-0.15, -0.1) is 0 Å². The van der Waals surface area contributed by atoms with Gasteiger partial charge in [0, 0.05) is 25.5 Å². The molecule has 0 unspecified atom stereocenters. The second-order valence-electron chi connectivity index (χ2n) is 3.10. The van der Waals surface area contributed by atoms with Gasteiger partial charge < -0.3 is 9.94 Å². The Labute approximate surface area is 100 Å². The van der Waals surface area contributed by atoms with Crippen LogP contribution in [-0.4, -0.2) is 30.2 Å². The molecule has 0 aromatic heterocycles. The molecular weight excluding hydrogens is 230 g/mol. The third-order valence-electron chi connectivity index (χ3n) is 1.40. The topological polar surface area (TPSA) is 49.8 Å². The molecule has 0 saturated carbocycles. The van der Waals surface area contributed by atoms with Crippen LogP contribution >= 0.6 is 11.6 Å². The molecular formula is C11H16ClNO3. The molecule has 0 saturated heterocycles. The van der Waals surface area contributed by atoms with Gasteiger partial charge in [-0.1, -0.05) is 18.5 Å². The summed E-state index contributed by atoms with van der Waals surface area (Å²) >= 11 is 5.68. The maximum Gasteiger partial charge on any atom is 0.303 e. The molecule has 4 nitrogen and oxygen atoms in total. The fourth-order valence-electron chi connectivity index (χ4n) is 0.706. The van der Waals surface area contributed by atoms with Gasteiger partial charge in [0.25, 0.3) is 0 Å². The first-order valence-electron chi connectivity index (χ1n) is 4.78. The number of nitrogens with zero attached hydrogens (tertiary/aromatic N) is 1. The SMILES string of the molecule is CCC(=O)O.CN(C)Oc1ccc(Cl)cc1. The van der Waals surface area contributed by atoms with Crippen molar-refractivity contribution < 1.29 is 14.7 Å². The van der Waals surface area contributed by atoms with Crippen molar-refractivity contribution in [2.75, 3.05) is 14.1 Å². The number of rotatable bonds is 3. The second kappa shape index (κ2) is 7.96. The van der Waals surface area contributed by atoms with E-state index in [0.29, 0.717) is 0 Å². The zero-order valence-electron chi connectivity index (χ0n) is 9.61. The third-order valence-corrected chi connectivity index (χ3v) is 1.66. The van der Waals surface area contributed by atoms with Crippen molar-refractivity contribution >= 4 is 17.6 Å². The van der Waals surface area contributed by atoms with Crippen LogP contribution in [0.5, 0.6) is 5.75 Å². The molecule has 0 heterocycles. The third kappa shape index (κ3) is 8.08. The Kier molecular flexibility index (Phi) is 7.33. The van der Waals surface area contributed by atoms with Gasteiger partial charge in [0.05, 0.1) is 0 Å². The smallest absolute Gasteiger partial charge is 0.303 e. The van der Waals surface area contributed by atoms with Gasteiger partial charge in [-0.25, -0.2) is 0 Å². The highest BCUT2D eigenvalue weighted by Gasteiger charge is 1.93. The average Bonchev–Trinajstić information content (AvgIpc) is 2.22. The molecule has 1 aromatic rings. The van der Waals surface area contributed by atoms with Crippen LogP contribution in [0.2, 0.25) is 5.02 Å². The normalized spacial score (nSPS) is 9.31. The van der Waals surface area contributed by atoms with Crippen LogP contribution in [0.25, 0.3) is 0 Å². The summed E-state index contributed by atoms with van der Waals surface area (Å²) in [4.78, 5) is 14.6. The van der Waals surface area contributed by atoms with Gasteiger partial charge in [0.1, 0.15) is 5.75 Å². The maximum atomic E-state index is 9.37. The van der Waals surface area contributed by atoms with Crippen LogP contribution in [0.4, 0.5) is 0 Å². The number of aliphatic carboxylic acids is 1. The van der Waals surface area contributed by atoms with Gasteiger partial charge >= 0.3 is 5.97 Å². The Bertz CT molecular complexity index is 312. The summed E-state index contributed by atoms with van der Waals surface area (Å²) in [7, 11) is 3.66. The maximum absolute atomic E-state index is 9.37. The molecule has 0 radical (unpaired) electrons. The second-order valence-corrected chi connectivity index (χ2v) is 3.54. The van der Waals surface area contributed by atoms with Crippen molar-refractivity contribution in [2.45, 2.75) is 13.3 Å². The zero-order valence-corrected chi connectivity index (χ0v) is 10.4. The molecule has 16 heavy (non-hydrogen) atoms. The first kappa shape index (κ1) is 14.7. The molecule has 5 heteroatoms. The Morgan fingerprint density at radius 1 is 1.38 bits per heavy atom. The van der Waals surface area contributed by atoms with Gasteiger partial charge in [0.2, 0.25) is 0 Å². The molecule has 0 aliphatic rings. The van der Waals surface area contributed by atoms with Gasteiger partial charge in [-0.05, 0) is 24.3 Å². The van der Waals surface area contributed by atoms with Crippen molar-refractivity contribution in [3.63, 3.8) is 0 Å². The molecule has 1 rings (SSSR count). The molecule has 0 bridgehead atoms.